The van der Waals surface area contributed by atoms with Crippen molar-refractivity contribution < 1.29 is 4.79 Å². The van der Waals surface area contributed by atoms with Crippen LogP contribution < -0.4 is 5.32 Å². The second-order valence-electron chi connectivity index (χ2n) is 8.72. The lowest BCUT2D eigenvalue weighted by Gasteiger charge is -2.31. The van der Waals surface area contributed by atoms with Gasteiger partial charge in [0.15, 0.2) is 5.96 Å². The number of piperidine rings is 1. The van der Waals surface area contributed by atoms with Crippen molar-refractivity contribution in [2.75, 3.05) is 53.4 Å². The van der Waals surface area contributed by atoms with Gasteiger partial charge in [-0.3, -0.25) is 14.7 Å². The first-order valence-electron chi connectivity index (χ1n) is 11.8. The predicted octanol–water partition coefficient (Wildman–Crippen LogP) is 3.69. The topological polar surface area (TPSA) is 51.2 Å². The lowest BCUT2D eigenvalue weighted by Crippen LogP contribution is -2.45. The van der Waals surface area contributed by atoms with Gasteiger partial charge in [-0.1, -0.05) is 42.0 Å². The van der Waals surface area contributed by atoms with Crippen LogP contribution in [0.4, 0.5) is 0 Å². The molecule has 0 aromatic heterocycles. The summed E-state index contributed by atoms with van der Waals surface area (Å²) in [5.74, 6) is 1.27. The lowest BCUT2D eigenvalue weighted by atomic mass is 10.0. The third-order valence-corrected chi connectivity index (χ3v) is 6.16. The molecule has 32 heavy (non-hydrogen) atoms. The zero-order valence-electron chi connectivity index (χ0n) is 19.9. The molecule has 0 spiro atoms. The molecule has 1 atom stereocenters. The fourth-order valence-corrected chi connectivity index (χ4v) is 4.49. The fourth-order valence-electron chi connectivity index (χ4n) is 4.49. The Morgan fingerprint density at radius 3 is 2.56 bits per heavy atom. The van der Waals surface area contributed by atoms with Gasteiger partial charge in [0, 0.05) is 46.8 Å². The first kappa shape index (κ1) is 26.6. The van der Waals surface area contributed by atoms with E-state index in [4.69, 9.17) is 4.99 Å². The minimum absolute atomic E-state index is 0. The third kappa shape index (κ3) is 7.76. The molecule has 1 unspecified atom stereocenters. The molecule has 178 valence electrons. The SMILES string of the molecule is CCNC(=NCCCN1CCCC1C(=O)N(C)C)N1CCC(=Cc2ccccc2)CC1.I. The van der Waals surface area contributed by atoms with Crippen LogP contribution in [0.1, 0.15) is 44.6 Å². The molecule has 6 nitrogen and oxygen atoms in total. The molecule has 2 heterocycles. The summed E-state index contributed by atoms with van der Waals surface area (Å²) in [6, 6.07) is 10.7. The highest BCUT2D eigenvalue weighted by Gasteiger charge is 2.31. The maximum atomic E-state index is 12.4. The van der Waals surface area contributed by atoms with Crippen molar-refractivity contribution in [2.45, 2.75) is 45.1 Å². The molecule has 1 aromatic carbocycles. The van der Waals surface area contributed by atoms with Gasteiger partial charge in [-0.05, 0) is 51.1 Å². The fraction of sp³-hybridized carbons (Fsp3) is 0.600. The minimum atomic E-state index is 0. The molecule has 0 bridgehead atoms. The van der Waals surface area contributed by atoms with Crippen LogP contribution in [0.2, 0.25) is 0 Å². The molecule has 2 fully saturated rings. The van der Waals surface area contributed by atoms with Gasteiger partial charge in [-0.2, -0.15) is 0 Å². The van der Waals surface area contributed by atoms with E-state index in [0.717, 1.165) is 77.3 Å². The first-order valence-corrected chi connectivity index (χ1v) is 11.8. The Kier molecular flexibility index (Phi) is 11.5. The molecular weight excluding hydrogens is 513 g/mol. The zero-order chi connectivity index (χ0) is 22.1. The summed E-state index contributed by atoms with van der Waals surface area (Å²) >= 11 is 0. The van der Waals surface area contributed by atoms with E-state index in [1.54, 1.807) is 4.90 Å². The molecule has 3 rings (SSSR count). The molecule has 1 N–H and O–H groups in total. The molecule has 1 aromatic rings. The van der Waals surface area contributed by atoms with E-state index in [-0.39, 0.29) is 35.9 Å². The molecule has 2 aliphatic rings. The van der Waals surface area contributed by atoms with Crippen LogP contribution in [0.25, 0.3) is 6.08 Å². The number of benzene rings is 1. The maximum absolute atomic E-state index is 12.4. The van der Waals surface area contributed by atoms with Crippen LogP contribution in [0, 0.1) is 0 Å². The maximum Gasteiger partial charge on any atom is 0.239 e. The highest BCUT2D eigenvalue weighted by atomic mass is 127. The quantitative estimate of drug-likeness (QED) is 0.242. The Morgan fingerprint density at radius 1 is 1.19 bits per heavy atom. The van der Waals surface area contributed by atoms with E-state index in [0.29, 0.717) is 0 Å². The molecule has 1 amide bonds. The van der Waals surface area contributed by atoms with Crippen LogP contribution in [0.5, 0.6) is 0 Å². The number of carbonyl (C=O) groups is 1. The Balaban J connectivity index is 0.00000363. The van der Waals surface area contributed by atoms with Gasteiger partial charge in [0.1, 0.15) is 0 Å². The summed E-state index contributed by atoms with van der Waals surface area (Å²) in [5, 5.41) is 3.47. The number of amides is 1. The van der Waals surface area contributed by atoms with Crippen LogP contribution in [0.15, 0.2) is 40.9 Å². The number of nitrogens with zero attached hydrogens (tertiary/aromatic N) is 4. The van der Waals surface area contributed by atoms with Crippen molar-refractivity contribution in [3.05, 3.63) is 41.5 Å². The van der Waals surface area contributed by atoms with E-state index in [1.807, 2.05) is 14.1 Å². The Bertz CT molecular complexity index is 755. The van der Waals surface area contributed by atoms with Gasteiger partial charge >= 0.3 is 0 Å². The van der Waals surface area contributed by atoms with E-state index < -0.39 is 0 Å². The van der Waals surface area contributed by atoms with E-state index >= 15 is 0 Å². The third-order valence-electron chi connectivity index (χ3n) is 6.16. The second kappa shape index (κ2) is 13.8. The molecule has 2 saturated heterocycles. The smallest absolute Gasteiger partial charge is 0.239 e. The van der Waals surface area contributed by atoms with Gasteiger partial charge < -0.3 is 15.1 Å². The van der Waals surface area contributed by atoms with Crippen LogP contribution >= 0.6 is 24.0 Å². The summed E-state index contributed by atoms with van der Waals surface area (Å²) in [4.78, 5) is 23.7. The summed E-state index contributed by atoms with van der Waals surface area (Å²) in [6.45, 7) is 7.79. The van der Waals surface area contributed by atoms with E-state index in [1.165, 1.54) is 11.1 Å². The Hall–Kier alpha value is -1.61. The number of hydrogen-bond acceptors (Lipinski definition) is 3. The normalized spacial score (nSPS) is 19.5. The number of rotatable bonds is 7. The standard InChI is InChI=1S/C25H39N5O.HI/c1-4-26-25(27-15-9-17-29-16-8-12-23(29)24(31)28(2)3)30-18-13-22(14-19-30)20-21-10-6-5-7-11-21;/h5-7,10-11,20,23H,4,8-9,12-19H2,1-3H3,(H,26,27);1H. The number of nitrogens with one attached hydrogen (secondary N) is 1. The number of hydrogen-bond donors (Lipinski definition) is 1. The predicted molar refractivity (Wildman–Crippen MR) is 145 cm³/mol. The summed E-state index contributed by atoms with van der Waals surface area (Å²) in [6.07, 6.45) is 7.59. The van der Waals surface area contributed by atoms with Gasteiger partial charge in [-0.25, -0.2) is 0 Å². The van der Waals surface area contributed by atoms with Crippen LogP contribution in [0.3, 0.4) is 0 Å². The highest BCUT2D eigenvalue weighted by Crippen LogP contribution is 2.20. The number of carbonyl (C=O) groups excluding carboxylic acids is 1. The number of guanidine groups is 1. The van der Waals surface area contributed by atoms with Crippen molar-refractivity contribution in [2.24, 2.45) is 4.99 Å². The van der Waals surface area contributed by atoms with Gasteiger partial charge in [0.05, 0.1) is 6.04 Å². The average Bonchev–Trinajstić information content (AvgIpc) is 3.25. The molecule has 0 radical (unpaired) electrons. The van der Waals surface area contributed by atoms with Gasteiger partial charge in [-0.15, -0.1) is 24.0 Å². The number of likely N-dealkylation sites (tertiary alicyclic amines) is 2. The summed E-state index contributed by atoms with van der Waals surface area (Å²) < 4.78 is 0. The number of likely N-dealkylation sites (N-methyl/N-ethyl adjacent to an activating group) is 1. The summed E-state index contributed by atoms with van der Waals surface area (Å²) in [5.41, 5.74) is 2.81. The van der Waals surface area contributed by atoms with Crippen LogP contribution in [-0.2, 0) is 4.79 Å². The first-order chi connectivity index (χ1) is 15.1. The van der Waals surface area contributed by atoms with Crippen molar-refractivity contribution in [1.29, 1.82) is 0 Å². The van der Waals surface area contributed by atoms with Gasteiger partial charge in [0.25, 0.3) is 0 Å². The van der Waals surface area contributed by atoms with Crippen molar-refractivity contribution in [3.63, 3.8) is 0 Å². The zero-order valence-corrected chi connectivity index (χ0v) is 22.3. The van der Waals surface area contributed by atoms with Crippen molar-refractivity contribution in [1.82, 2.24) is 20.0 Å². The number of aliphatic imine (C=N–C) groups is 1. The van der Waals surface area contributed by atoms with Gasteiger partial charge in [0.2, 0.25) is 5.91 Å². The lowest BCUT2D eigenvalue weighted by molar-refractivity contribution is -0.133. The Morgan fingerprint density at radius 2 is 1.91 bits per heavy atom. The molecule has 0 aliphatic carbocycles. The van der Waals surface area contributed by atoms with E-state index in [2.05, 4.69) is 58.4 Å². The average molecular weight is 554 g/mol. The Labute approximate surface area is 211 Å². The minimum Gasteiger partial charge on any atom is -0.357 e. The second-order valence-corrected chi connectivity index (χ2v) is 8.72. The molecular formula is C25H40IN5O. The molecule has 0 saturated carbocycles. The number of halogens is 1. The molecule has 7 heteroatoms. The van der Waals surface area contributed by atoms with Crippen LogP contribution in [-0.4, -0.2) is 86.0 Å². The van der Waals surface area contributed by atoms with E-state index in [9.17, 15) is 4.79 Å². The summed E-state index contributed by atoms with van der Waals surface area (Å²) in [7, 11) is 3.70. The van der Waals surface area contributed by atoms with Crippen molar-refractivity contribution in [3.8, 4) is 0 Å². The highest BCUT2D eigenvalue weighted by molar-refractivity contribution is 14.0. The van der Waals surface area contributed by atoms with Crippen molar-refractivity contribution >= 4 is 41.9 Å². The monoisotopic (exact) mass is 553 g/mol. The largest absolute Gasteiger partial charge is 0.357 e. The molecule has 2 aliphatic heterocycles.